The standard InChI is InChI=1S/C17H14N2O4/c20-17(14-5-7-15(8-6-14)19(21)22)23-12-11-18-10-9-13-3-1-2-4-16(13)18/h1-10H,11-12H2. The number of carbonyl (C=O) groups excluding carboxylic acids is 1. The van der Waals surface area contributed by atoms with Crippen molar-refractivity contribution in [2.24, 2.45) is 0 Å². The first kappa shape index (κ1) is 14.8. The molecular formula is C17H14N2O4. The van der Waals surface area contributed by atoms with Crippen molar-refractivity contribution in [2.45, 2.75) is 6.54 Å². The molecule has 6 nitrogen and oxygen atoms in total. The SMILES string of the molecule is O=C(OCCn1ccc2ccccc21)c1ccc([N+](=O)[O-])cc1. The predicted octanol–water partition coefficient (Wildman–Crippen LogP) is 3.41. The Bertz CT molecular complexity index is 852. The summed E-state index contributed by atoms with van der Waals surface area (Å²) in [6.45, 7) is 0.779. The maximum absolute atomic E-state index is 11.9. The molecule has 0 radical (unpaired) electrons. The molecule has 116 valence electrons. The summed E-state index contributed by atoms with van der Waals surface area (Å²) in [5.74, 6) is -0.489. The second kappa shape index (κ2) is 6.31. The van der Waals surface area contributed by atoms with Crippen LogP contribution in [0.3, 0.4) is 0 Å². The number of nitrogens with zero attached hydrogens (tertiary/aromatic N) is 2. The average molecular weight is 310 g/mol. The zero-order valence-corrected chi connectivity index (χ0v) is 12.2. The van der Waals surface area contributed by atoms with E-state index in [4.69, 9.17) is 4.74 Å². The summed E-state index contributed by atoms with van der Waals surface area (Å²) in [6, 6.07) is 15.3. The minimum absolute atomic E-state index is 0.0552. The number of hydrogen-bond acceptors (Lipinski definition) is 4. The maximum Gasteiger partial charge on any atom is 0.338 e. The van der Waals surface area contributed by atoms with E-state index < -0.39 is 10.9 Å². The highest BCUT2D eigenvalue weighted by atomic mass is 16.6. The Kier molecular flexibility index (Phi) is 4.05. The van der Waals surface area contributed by atoms with E-state index in [1.807, 2.05) is 41.1 Å². The van der Waals surface area contributed by atoms with Gasteiger partial charge in [-0.2, -0.15) is 0 Å². The molecule has 23 heavy (non-hydrogen) atoms. The Hall–Kier alpha value is -3.15. The number of para-hydroxylation sites is 1. The van der Waals surface area contributed by atoms with Gasteiger partial charge in [-0.3, -0.25) is 10.1 Å². The highest BCUT2D eigenvalue weighted by Crippen LogP contribution is 2.15. The van der Waals surface area contributed by atoms with Gasteiger partial charge in [0, 0.05) is 23.8 Å². The summed E-state index contributed by atoms with van der Waals surface area (Å²) in [5.41, 5.74) is 1.33. The molecule has 0 spiro atoms. The normalized spacial score (nSPS) is 10.6. The summed E-state index contributed by atoms with van der Waals surface area (Å²) in [6.07, 6.45) is 1.95. The van der Waals surface area contributed by atoms with Crippen LogP contribution in [0.25, 0.3) is 10.9 Å². The van der Waals surface area contributed by atoms with Crippen molar-refractivity contribution in [3.63, 3.8) is 0 Å². The summed E-state index contributed by atoms with van der Waals surface area (Å²) in [5, 5.41) is 11.7. The molecule has 3 aromatic rings. The van der Waals surface area contributed by atoms with Gasteiger partial charge in [-0.1, -0.05) is 18.2 Å². The van der Waals surface area contributed by atoms with Crippen molar-refractivity contribution >= 4 is 22.6 Å². The Labute approximate surface area is 132 Å². The van der Waals surface area contributed by atoms with Gasteiger partial charge in [-0.15, -0.1) is 0 Å². The third-order valence-electron chi connectivity index (χ3n) is 3.56. The van der Waals surface area contributed by atoms with Gasteiger partial charge in [-0.25, -0.2) is 4.79 Å². The van der Waals surface area contributed by atoms with Gasteiger partial charge in [0.1, 0.15) is 6.61 Å². The number of non-ortho nitro benzene ring substituents is 1. The van der Waals surface area contributed by atoms with E-state index in [-0.39, 0.29) is 12.3 Å². The molecule has 3 rings (SSSR count). The molecule has 0 N–H and O–H groups in total. The van der Waals surface area contributed by atoms with Crippen LogP contribution in [0.1, 0.15) is 10.4 Å². The first-order valence-corrected chi connectivity index (χ1v) is 7.10. The Morgan fingerprint density at radius 1 is 1.09 bits per heavy atom. The number of hydrogen-bond donors (Lipinski definition) is 0. The number of benzene rings is 2. The van der Waals surface area contributed by atoms with Crippen molar-refractivity contribution in [1.29, 1.82) is 0 Å². The number of aromatic nitrogens is 1. The first-order valence-electron chi connectivity index (χ1n) is 7.10. The average Bonchev–Trinajstić information content (AvgIpc) is 2.98. The summed E-state index contributed by atoms with van der Waals surface area (Å²) in [7, 11) is 0. The van der Waals surface area contributed by atoms with Crippen LogP contribution in [0, 0.1) is 10.1 Å². The van der Waals surface area contributed by atoms with Crippen LogP contribution in [-0.2, 0) is 11.3 Å². The summed E-state index contributed by atoms with van der Waals surface area (Å²) in [4.78, 5) is 22.0. The predicted molar refractivity (Wildman–Crippen MR) is 85.3 cm³/mol. The highest BCUT2D eigenvalue weighted by molar-refractivity contribution is 5.89. The van der Waals surface area contributed by atoms with Gasteiger partial charge in [0.15, 0.2) is 0 Å². The number of nitro groups is 1. The van der Waals surface area contributed by atoms with Gasteiger partial charge in [0.05, 0.1) is 17.0 Å². The third-order valence-corrected chi connectivity index (χ3v) is 3.56. The number of fused-ring (bicyclic) bond motifs is 1. The van der Waals surface area contributed by atoms with Crippen LogP contribution in [0.5, 0.6) is 0 Å². The van der Waals surface area contributed by atoms with Gasteiger partial charge in [-0.05, 0) is 29.7 Å². The minimum atomic E-state index is -0.508. The van der Waals surface area contributed by atoms with E-state index in [0.717, 1.165) is 10.9 Å². The lowest BCUT2D eigenvalue weighted by Crippen LogP contribution is -2.11. The Morgan fingerprint density at radius 3 is 2.57 bits per heavy atom. The fourth-order valence-corrected chi connectivity index (χ4v) is 2.37. The lowest BCUT2D eigenvalue weighted by Gasteiger charge is -2.07. The number of rotatable bonds is 5. The van der Waals surface area contributed by atoms with Crippen LogP contribution in [0.4, 0.5) is 5.69 Å². The largest absolute Gasteiger partial charge is 0.460 e. The topological polar surface area (TPSA) is 74.4 Å². The van der Waals surface area contributed by atoms with Crippen molar-refractivity contribution in [2.75, 3.05) is 6.61 Å². The molecule has 1 heterocycles. The first-order chi connectivity index (χ1) is 11.1. The number of nitro benzene ring substituents is 1. The maximum atomic E-state index is 11.9. The van der Waals surface area contributed by atoms with E-state index in [2.05, 4.69) is 0 Å². The van der Waals surface area contributed by atoms with Crippen molar-refractivity contribution < 1.29 is 14.5 Å². The molecule has 1 aromatic heterocycles. The van der Waals surface area contributed by atoms with Crippen LogP contribution in [0.2, 0.25) is 0 Å². The summed E-state index contributed by atoms with van der Waals surface area (Å²) < 4.78 is 7.23. The molecule has 0 saturated carbocycles. The lowest BCUT2D eigenvalue weighted by molar-refractivity contribution is -0.384. The molecule has 0 aliphatic heterocycles. The molecule has 2 aromatic carbocycles. The molecule has 0 bridgehead atoms. The van der Waals surface area contributed by atoms with Gasteiger partial charge in [0.25, 0.3) is 5.69 Å². The van der Waals surface area contributed by atoms with E-state index in [1.165, 1.54) is 24.3 Å². The smallest absolute Gasteiger partial charge is 0.338 e. The van der Waals surface area contributed by atoms with Gasteiger partial charge < -0.3 is 9.30 Å². The van der Waals surface area contributed by atoms with Crippen molar-refractivity contribution in [1.82, 2.24) is 4.57 Å². The molecule has 0 aliphatic carbocycles. The van der Waals surface area contributed by atoms with Crippen LogP contribution >= 0.6 is 0 Å². The monoisotopic (exact) mass is 310 g/mol. The van der Waals surface area contributed by atoms with Gasteiger partial charge in [0.2, 0.25) is 0 Å². The quantitative estimate of drug-likeness (QED) is 0.411. The van der Waals surface area contributed by atoms with E-state index >= 15 is 0 Å². The molecule has 0 fully saturated rings. The van der Waals surface area contributed by atoms with Crippen LogP contribution < -0.4 is 0 Å². The zero-order chi connectivity index (χ0) is 16.2. The highest BCUT2D eigenvalue weighted by Gasteiger charge is 2.10. The van der Waals surface area contributed by atoms with Crippen LogP contribution in [-0.4, -0.2) is 22.1 Å². The minimum Gasteiger partial charge on any atom is -0.460 e. The number of carbonyl (C=O) groups is 1. The molecule has 0 atom stereocenters. The van der Waals surface area contributed by atoms with Gasteiger partial charge >= 0.3 is 5.97 Å². The third kappa shape index (κ3) is 3.21. The number of ether oxygens (including phenoxy) is 1. The lowest BCUT2D eigenvalue weighted by atomic mass is 10.2. The second-order valence-corrected chi connectivity index (χ2v) is 5.01. The molecule has 0 amide bonds. The van der Waals surface area contributed by atoms with E-state index in [0.29, 0.717) is 12.1 Å². The molecule has 0 aliphatic rings. The fraction of sp³-hybridized carbons (Fsp3) is 0.118. The summed E-state index contributed by atoms with van der Waals surface area (Å²) >= 11 is 0. The Balaban J connectivity index is 1.60. The van der Waals surface area contributed by atoms with E-state index in [9.17, 15) is 14.9 Å². The van der Waals surface area contributed by atoms with Crippen LogP contribution in [0.15, 0.2) is 60.8 Å². The molecule has 6 heteroatoms. The van der Waals surface area contributed by atoms with Crippen molar-refractivity contribution in [3.05, 3.63) is 76.5 Å². The number of esters is 1. The van der Waals surface area contributed by atoms with E-state index in [1.54, 1.807) is 0 Å². The zero-order valence-electron chi connectivity index (χ0n) is 12.2. The molecular weight excluding hydrogens is 296 g/mol. The van der Waals surface area contributed by atoms with Crippen molar-refractivity contribution in [3.8, 4) is 0 Å². The molecule has 0 saturated heterocycles. The fourth-order valence-electron chi connectivity index (χ4n) is 2.37. The molecule has 0 unspecified atom stereocenters. The Morgan fingerprint density at radius 2 is 1.83 bits per heavy atom. The second-order valence-electron chi connectivity index (χ2n) is 5.01.